The van der Waals surface area contributed by atoms with Gasteiger partial charge >= 0.3 is 0 Å². The summed E-state index contributed by atoms with van der Waals surface area (Å²) in [4.78, 5) is 38.2. The summed E-state index contributed by atoms with van der Waals surface area (Å²) in [5, 5.41) is 12.1. The monoisotopic (exact) mass is 462 g/mol. The summed E-state index contributed by atoms with van der Waals surface area (Å²) < 4.78 is 6.32. The first kappa shape index (κ1) is 21.6. The third kappa shape index (κ3) is 3.77. The maximum atomic E-state index is 13.0. The van der Waals surface area contributed by atoms with Crippen molar-refractivity contribution in [3.8, 4) is 5.75 Å². The second kappa shape index (κ2) is 7.80. The van der Waals surface area contributed by atoms with Gasteiger partial charge in [-0.25, -0.2) is 0 Å². The Balaban J connectivity index is 1.55. The van der Waals surface area contributed by atoms with E-state index < -0.39 is 16.4 Å². The number of Topliss-reactive ketones (excluding diaryl/α,β-unsaturated/α-hetero) is 1. The molecule has 2 aromatic carbocycles. The number of hydrogen-bond acceptors (Lipinski definition) is 5. The van der Waals surface area contributed by atoms with E-state index in [0.717, 1.165) is 11.1 Å². The van der Waals surface area contributed by atoms with Crippen molar-refractivity contribution >= 4 is 40.6 Å². The van der Waals surface area contributed by atoms with Crippen molar-refractivity contribution in [1.29, 1.82) is 0 Å². The van der Waals surface area contributed by atoms with Crippen LogP contribution >= 0.6 is 23.2 Å². The van der Waals surface area contributed by atoms with Crippen molar-refractivity contribution in [3.05, 3.63) is 66.7 Å². The molecule has 2 aliphatic heterocycles. The van der Waals surface area contributed by atoms with Crippen molar-refractivity contribution in [1.82, 2.24) is 4.90 Å². The highest BCUT2D eigenvalue weighted by Gasteiger charge is 2.45. The molecule has 9 heteroatoms. The summed E-state index contributed by atoms with van der Waals surface area (Å²) in [7, 11) is 0. The second-order valence-corrected chi connectivity index (χ2v) is 8.92. The largest absolute Gasteiger partial charge is 0.486 e. The molecule has 1 fully saturated rings. The number of nitro groups is 1. The number of amides is 1. The number of nitro benzene ring substituents is 1. The average molecular weight is 463 g/mol. The summed E-state index contributed by atoms with van der Waals surface area (Å²) in [6.45, 7) is 4.33. The molecule has 1 saturated heterocycles. The van der Waals surface area contributed by atoms with E-state index in [2.05, 4.69) is 0 Å². The Morgan fingerprint density at radius 1 is 1.19 bits per heavy atom. The van der Waals surface area contributed by atoms with Gasteiger partial charge in [-0.05, 0) is 43.2 Å². The quantitative estimate of drug-likeness (QED) is 0.454. The maximum absolute atomic E-state index is 13.0. The fourth-order valence-electron chi connectivity index (χ4n) is 4.40. The van der Waals surface area contributed by atoms with Gasteiger partial charge in [-0.15, -0.1) is 0 Å². The normalized spacial score (nSPS) is 17.3. The SMILES string of the molecule is Cc1cc2c(c(C)c1Cl)C(=O)CC1(CCN(C(=O)c3ccc(Cl)cc3[N+](=O)[O-])CC1)O2. The first-order valence-electron chi connectivity index (χ1n) is 9.87. The third-order valence-corrected chi connectivity index (χ3v) is 6.90. The van der Waals surface area contributed by atoms with Gasteiger partial charge in [0.05, 0.1) is 16.9 Å². The van der Waals surface area contributed by atoms with Crippen LogP contribution in [0.1, 0.15) is 51.1 Å². The molecule has 0 unspecified atom stereocenters. The number of carbonyl (C=O) groups is 2. The second-order valence-electron chi connectivity index (χ2n) is 8.10. The zero-order valence-electron chi connectivity index (χ0n) is 17.0. The highest BCUT2D eigenvalue weighted by molar-refractivity contribution is 6.33. The van der Waals surface area contributed by atoms with Gasteiger partial charge in [0.1, 0.15) is 16.9 Å². The number of carbonyl (C=O) groups excluding carboxylic acids is 2. The molecule has 0 radical (unpaired) electrons. The first-order chi connectivity index (χ1) is 14.6. The molecule has 0 atom stereocenters. The zero-order chi connectivity index (χ0) is 22.5. The van der Waals surface area contributed by atoms with Crippen molar-refractivity contribution in [3.63, 3.8) is 0 Å². The molecule has 0 saturated carbocycles. The van der Waals surface area contributed by atoms with E-state index in [1.807, 2.05) is 13.8 Å². The lowest BCUT2D eigenvalue weighted by atomic mass is 9.81. The van der Waals surface area contributed by atoms with Crippen LogP contribution in [0.4, 0.5) is 5.69 Å². The minimum Gasteiger partial charge on any atom is -0.486 e. The Kier molecular flexibility index (Phi) is 5.43. The number of benzene rings is 2. The summed E-state index contributed by atoms with van der Waals surface area (Å²) in [6.07, 6.45) is 1.11. The molecule has 4 rings (SSSR count). The molecular formula is C22H20Cl2N2O5. The van der Waals surface area contributed by atoms with E-state index in [9.17, 15) is 19.7 Å². The van der Waals surface area contributed by atoms with Gasteiger partial charge < -0.3 is 9.64 Å². The molecule has 2 heterocycles. The fraction of sp³-hybridized carbons (Fsp3) is 0.364. The Morgan fingerprint density at radius 3 is 2.52 bits per heavy atom. The lowest BCUT2D eigenvalue weighted by molar-refractivity contribution is -0.385. The molecule has 31 heavy (non-hydrogen) atoms. The standard InChI is InChI=1S/C22H20Cl2N2O5/c1-12-9-18-19(13(2)20(12)24)17(27)11-22(31-18)5-7-25(8-6-22)21(28)15-4-3-14(23)10-16(15)26(29)30/h3-4,9-10H,5-8,11H2,1-2H3. The predicted molar refractivity (Wildman–Crippen MR) is 116 cm³/mol. The number of aryl methyl sites for hydroxylation is 1. The Hall–Kier alpha value is -2.64. The minimum absolute atomic E-state index is 0.00257. The predicted octanol–water partition coefficient (Wildman–Crippen LogP) is 5.16. The molecule has 1 spiro atoms. The van der Waals surface area contributed by atoms with Gasteiger partial charge in [0.25, 0.3) is 11.6 Å². The number of ether oxygens (including phenoxy) is 1. The van der Waals surface area contributed by atoms with Crippen LogP contribution in [0.5, 0.6) is 5.75 Å². The van der Waals surface area contributed by atoms with Crippen LogP contribution in [0.25, 0.3) is 0 Å². The summed E-state index contributed by atoms with van der Waals surface area (Å²) in [5.74, 6) is 0.0803. The Bertz CT molecular complexity index is 1120. The van der Waals surface area contributed by atoms with Gasteiger partial charge in [0.15, 0.2) is 5.78 Å². The van der Waals surface area contributed by atoms with Gasteiger partial charge in [-0.2, -0.15) is 0 Å². The topological polar surface area (TPSA) is 89.8 Å². The number of piperidine rings is 1. The van der Waals surface area contributed by atoms with Crippen molar-refractivity contribution in [2.24, 2.45) is 0 Å². The van der Waals surface area contributed by atoms with E-state index in [-0.39, 0.29) is 28.5 Å². The van der Waals surface area contributed by atoms with Crippen LogP contribution in [-0.4, -0.2) is 40.2 Å². The smallest absolute Gasteiger partial charge is 0.283 e. The van der Waals surface area contributed by atoms with Crippen LogP contribution < -0.4 is 4.74 Å². The number of fused-ring (bicyclic) bond motifs is 1. The molecule has 1 amide bonds. The summed E-state index contributed by atoms with van der Waals surface area (Å²) in [6, 6.07) is 5.80. The average Bonchev–Trinajstić information content (AvgIpc) is 2.71. The van der Waals surface area contributed by atoms with E-state index in [0.29, 0.717) is 42.3 Å². The molecular weight excluding hydrogens is 443 g/mol. The Labute approximate surface area is 189 Å². The molecule has 0 N–H and O–H groups in total. The van der Waals surface area contributed by atoms with E-state index >= 15 is 0 Å². The third-order valence-electron chi connectivity index (χ3n) is 6.08. The van der Waals surface area contributed by atoms with Crippen molar-refractivity contribution in [2.45, 2.75) is 38.7 Å². The van der Waals surface area contributed by atoms with Crippen LogP contribution in [0.3, 0.4) is 0 Å². The van der Waals surface area contributed by atoms with Gasteiger partial charge in [0, 0.05) is 42.0 Å². The van der Waals surface area contributed by atoms with Crippen LogP contribution in [-0.2, 0) is 0 Å². The number of rotatable bonds is 2. The van der Waals surface area contributed by atoms with Crippen molar-refractivity contribution in [2.75, 3.05) is 13.1 Å². The molecule has 2 aliphatic rings. The number of hydrogen-bond donors (Lipinski definition) is 0. The number of ketones is 1. The summed E-state index contributed by atoms with van der Waals surface area (Å²) in [5.41, 5.74) is 1.07. The molecule has 7 nitrogen and oxygen atoms in total. The first-order valence-corrected chi connectivity index (χ1v) is 10.6. The lowest BCUT2D eigenvalue weighted by Crippen LogP contribution is -2.52. The van der Waals surface area contributed by atoms with Crippen LogP contribution in [0, 0.1) is 24.0 Å². The number of nitrogens with zero attached hydrogens (tertiary/aromatic N) is 2. The van der Waals surface area contributed by atoms with Crippen LogP contribution in [0.15, 0.2) is 24.3 Å². The van der Waals surface area contributed by atoms with E-state index in [1.165, 1.54) is 18.2 Å². The van der Waals surface area contributed by atoms with Crippen molar-refractivity contribution < 1.29 is 19.2 Å². The van der Waals surface area contributed by atoms with Gasteiger partial charge in [0.2, 0.25) is 0 Å². The molecule has 0 aromatic heterocycles. The number of likely N-dealkylation sites (tertiary alicyclic amines) is 1. The fourth-order valence-corrected chi connectivity index (χ4v) is 4.72. The highest BCUT2D eigenvalue weighted by atomic mass is 35.5. The van der Waals surface area contributed by atoms with Gasteiger partial charge in [-0.1, -0.05) is 23.2 Å². The molecule has 0 aliphatic carbocycles. The lowest BCUT2D eigenvalue weighted by Gasteiger charge is -2.44. The number of halogens is 2. The molecule has 0 bridgehead atoms. The Morgan fingerprint density at radius 2 is 1.87 bits per heavy atom. The van der Waals surface area contributed by atoms with E-state index in [1.54, 1.807) is 11.0 Å². The van der Waals surface area contributed by atoms with E-state index in [4.69, 9.17) is 27.9 Å². The molecule has 162 valence electrons. The zero-order valence-corrected chi connectivity index (χ0v) is 18.5. The summed E-state index contributed by atoms with van der Waals surface area (Å²) >= 11 is 12.2. The van der Waals surface area contributed by atoms with Gasteiger partial charge in [-0.3, -0.25) is 19.7 Å². The minimum atomic E-state index is -0.695. The molecule has 2 aromatic rings. The van der Waals surface area contributed by atoms with Crippen LogP contribution in [0.2, 0.25) is 10.0 Å². The maximum Gasteiger partial charge on any atom is 0.283 e. The highest BCUT2D eigenvalue weighted by Crippen LogP contribution is 2.43.